The maximum Gasteiger partial charge on any atom is 0.219 e. The molecule has 6 nitrogen and oxygen atoms in total. The molecule has 6 heteroatoms. The highest BCUT2D eigenvalue weighted by atomic mass is 16.7. The monoisotopic (exact) mass is 423 g/mol. The zero-order valence-corrected chi connectivity index (χ0v) is 18.1. The van der Waals surface area contributed by atoms with Crippen LogP contribution in [0.4, 0.5) is 0 Å². The van der Waals surface area contributed by atoms with Gasteiger partial charge in [-0.2, -0.15) is 10.2 Å². The van der Waals surface area contributed by atoms with E-state index in [2.05, 4.69) is 52.7 Å². The van der Waals surface area contributed by atoms with Gasteiger partial charge in [0.1, 0.15) is 0 Å². The predicted molar refractivity (Wildman–Crippen MR) is 123 cm³/mol. The summed E-state index contributed by atoms with van der Waals surface area (Å²) in [5.74, 6) is 0.559. The minimum atomic E-state index is -0.829. The molecule has 0 fully saturated rings. The van der Waals surface area contributed by atoms with Gasteiger partial charge in [-0.1, -0.05) is 36.4 Å². The van der Waals surface area contributed by atoms with Gasteiger partial charge in [-0.3, -0.25) is 0 Å². The molecule has 1 unspecified atom stereocenters. The zero-order chi connectivity index (χ0) is 21.8. The van der Waals surface area contributed by atoms with Gasteiger partial charge >= 0.3 is 0 Å². The molecule has 2 aromatic carbocycles. The number of benzene rings is 2. The maximum atomic E-state index is 7.89. The van der Waals surface area contributed by atoms with Crippen LogP contribution < -0.4 is 0 Å². The van der Waals surface area contributed by atoms with Crippen molar-refractivity contribution in [1.82, 2.24) is 15.3 Å². The van der Waals surface area contributed by atoms with Gasteiger partial charge in [0.25, 0.3) is 0 Å². The largest absolute Gasteiger partial charge is 0.305 e. The number of hydroxylamine groups is 2. The predicted octanol–water partition coefficient (Wildman–Crippen LogP) is 4.34. The molecule has 1 N–H and O–H groups in total. The third kappa shape index (κ3) is 2.69. The SMILES string of the molecule is CN1OC2(N=C1C=N)c1cc(-c3cccnn3)ccc1CC21CCc2ccccc2CC1. The summed E-state index contributed by atoms with van der Waals surface area (Å²) in [6.45, 7) is 0. The number of nitrogens with one attached hydrogen (secondary N) is 1. The van der Waals surface area contributed by atoms with Gasteiger partial charge in [0, 0.05) is 29.8 Å². The number of aromatic nitrogens is 2. The topological polar surface area (TPSA) is 74.5 Å². The molecule has 1 atom stereocenters. The molecule has 2 spiro atoms. The van der Waals surface area contributed by atoms with Crippen LogP contribution in [0.2, 0.25) is 0 Å². The first-order valence-corrected chi connectivity index (χ1v) is 11.2. The molecule has 2 aliphatic carbocycles. The summed E-state index contributed by atoms with van der Waals surface area (Å²) in [4.78, 5) is 11.7. The summed E-state index contributed by atoms with van der Waals surface area (Å²) in [5, 5.41) is 17.9. The zero-order valence-electron chi connectivity index (χ0n) is 18.1. The van der Waals surface area contributed by atoms with E-state index in [1.807, 2.05) is 19.2 Å². The lowest BCUT2D eigenvalue weighted by atomic mass is 9.71. The Morgan fingerprint density at radius 3 is 2.44 bits per heavy atom. The molecule has 0 radical (unpaired) electrons. The van der Waals surface area contributed by atoms with Crippen molar-refractivity contribution in [3.63, 3.8) is 0 Å². The fourth-order valence-corrected chi connectivity index (χ4v) is 5.81. The summed E-state index contributed by atoms with van der Waals surface area (Å²) in [5.41, 5.74) is 6.06. The van der Waals surface area contributed by atoms with Crippen molar-refractivity contribution in [2.75, 3.05) is 7.05 Å². The van der Waals surface area contributed by atoms with E-state index in [0.717, 1.165) is 48.9 Å². The van der Waals surface area contributed by atoms with Crippen LogP contribution in [-0.4, -0.2) is 34.4 Å². The molecule has 0 saturated heterocycles. The molecule has 0 saturated carbocycles. The van der Waals surface area contributed by atoms with Crippen molar-refractivity contribution in [3.8, 4) is 11.3 Å². The van der Waals surface area contributed by atoms with Crippen LogP contribution in [-0.2, 0) is 29.8 Å². The number of hydrogen-bond donors (Lipinski definition) is 1. The lowest BCUT2D eigenvalue weighted by molar-refractivity contribution is -0.224. The van der Waals surface area contributed by atoms with Gasteiger partial charge in [-0.25, -0.2) is 14.9 Å². The average Bonchev–Trinajstić information content (AvgIpc) is 3.23. The Bertz CT molecular complexity index is 1210. The number of amidine groups is 1. The Kier molecular flexibility index (Phi) is 4.27. The summed E-state index contributed by atoms with van der Waals surface area (Å²) >= 11 is 0. The molecule has 160 valence electrons. The lowest BCUT2D eigenvalue weighted by Crippen LogP contribution is -2.43. The fourth-order valence-electron chi connectivity index (χ4n) is 5.81. The van der Waals surface area contributed by atoms with E-state index >= 15 is 0 Å². The second kappa shape index (κ2) is 7.07. The molecule has 3 aliphatic rings. The van der Waals surface area contributed by atoms with Crippen molar-refractivity contribution >= 4 is 12.1 Å². The Balaban J connectivity index is 1.51. The number of aryl methyl sites for hydroxylation is 2. The Morgan fingerprint density at radius 1 is 1.00 bits per heavy atom. The first kappa shape index (κ1) is 19.3. The molecular weight excluding hydrogens is 398 g/mol. The summed E-state index contributed by atoms with van der Waals surface area (Å²) in [7, 11) is 1.85. The fraction of sp³-hybridized carbons (Fsp3) is 0.308. The van der Waals surface area contributed by atoms with Crippen LogP contribution in [0.1, 0.15) is 35.1 Å². The number of aliphatic imine (C=N–C) groups is 1. The van der Waals surface area contributed by atoms with Crippen molar-refractivity contribution in [1.29, 1.82) is 5.41 Å². The number of nitrogens with zero attached hydrogens (tertiary/aromatic N) is 4. The highest BCUT2D eigenvalue weighted by Gasteiger charge is 2.62. The highest BCUT2D eigenvalue weighted by molar-refractivity contribution is 6.28. The molecule has 32 heavy (non-hydrogen) atoms. The number of fused-ring (bicyclic) bond motifs is 4. The Hall–Kier alpha value is -3.38. The van der Waals surface area contributed by atoms with Crippen LogP contribution >= 0.6 is 0 Å². The number of rotatable bonds is 2. The van der Waals surface area contributed by atoms with Crippen molar-refractivity contribution in [3.05, 3.63) is 83.0 Å². The minimum Gasteiger partial charge on any atom is -0.305 e. The van der Waals surface area contributed by atoms with Crippen LogP contribution in [0.3, 0.4) is 0 Å². The van der Waals surface area contributed by atoms with Crippen LogP contribution in [0.25, 0.3) is 11.3 Å². The molecule has 0 amide bonds. The minimum absolute atomic E-state index is 0.172. The average molecular weight is 424 g/mol. The lowest BCUT2D eigenvalue weighted by Gasteiger charge is -2.40. The Labute approximate surface area is 187 Å². The normalized spacial score (nSPS) is 23.0. The van der Waals surface area contributed by atoms with Gasteiger partial charge in [-0.05, 0) is 67.0 Å². The number of hydrogen-bond acceptors (Lipinski definition) is 6. The standard InChI is InChI=1S/C26H25N5O/c1-31-24(17-27)29-26(32-31)22-15-20(23-7-4-14-28-30-23)8-9-21(22)16-25(26)12-10-18-5-2-3-6-19(18)11-13-25/h2-9,14-15,17,27H,10-13,16H2,1H3. The van der Waals surface area contributed by atoms with Gasteiger partial charge in [0.15, 0.2) is 5.84 Å². The quantitative estimate of drug-likeness (QED) is 0.622. The molecular formula is C26H25N5O. The second-order valence-electron chi connectivity index (χ2n) is 9.05. The molecule has 6 rings (SSSR count). The van der Waals surface area contributed by atoms with Gasteiger partial charge in [0.05, 0.1) is 11.9 Å². The van der Waals surface area contributed by atoms with Gasteiger partial charge < -0.3 is 5.41 Å². The van der Waals surface area contributed by atoms with E-state index in [1.54, 1.807) is 11.3 Å². The van der Waals surface area contributed by atoms with E-state index in [9.17, 15) is 0 Å². The third-order valence-electron chi connectivity index (χ3n) is 7.45. The van der Waals surface area contributed by atoms with E-state index in [4.69, 9.17) is 15.2 Å². The smallest absolute Gasteiger partial charge is 0.219 e. The molecule has 0 bridgehead atoms. The van der Waals surface area contributed by atoms with E-state index in [-0.39, 0.29) is 5.41 Å². The molecule has 2 heterocycles. The Morgan fingerprint density at radius 2 is 1.78 bits per heavy atom. The maximum absolute atomic E-state index is 7.89. The van der Waals surface area contributed by atoms with Gasteiger partial charge in [-0.15, -0.1) is 0 Å². The van der Waals surface area contributed by atoms with E-state index < -0.39 is 5.72 Å². The first-order valence-electron chi connectivity index (χ1n) is 11.2. The van der Waals surface area contributed by atoms with Crippen molar-refractivity contribution in [2.24, 2.45) is 10.4 Å². The van der Waals surface area contributed by atoms with Crippen LogP contribution in [0, 0.1) is 10.8 Å². The first-order chi connectivity index (χ1) is 15.6. The van der Waals surface area contributed by atoms with Crippen LogP contribution in [0.15, 0.2) is 65.8 Å². The van der Waals surface area contributed by atoms with Crippen molar-refractivity contribution in [2.45, 2.75) is 37.8 Å². The third-order valence-corrected chi connectivity index (χ3v) is 7.45. The summed E-state index contributed by atoms with van der Waals surface area (Å²) in [6, 6.07) is 19.2. The highest BCUT2D eigenvalue weighted by Crippen LogP contribution is 2.61. The summed E-state index contributed by atoms with van der Waals surface area (Å²) < 4.78 is 0. The molecule has 3 aromatic rings. The molecule has 1 aromatic heterocycles. The molecule has 1 aliphatic heterocycles. The van der Waals surface area contributed by atoms with Crippen molar-refractivity contribution < 1.29 is 4.84 Å². The summed E-state index contributed by atoms with van der Waals surface area (Å²) in [6.07, 6.45) is 7.88. The van der Waals surface area contributed by atoms with Crippen LogP contribution in [0.5, 0.6) is 0 Å². The second-order valence-corrected chi connectivity index (χ2v) is 9.05. The van der Waals surface area contributed by atoms with E-state index in [0.29, 0.717) is 5.84 Å². The van der Waals surface area contributed by atoms with Gasteiger partial charge in [0.2, 0.25) is 5.72 Å². The van der Waals surface area contributed by atoms with E-state index in [1.165, 1.54) is 22.9 Å².